The zero-order valence-electron chi connectivity index (χ0n) is 12.8. The Balaban J connectivity index is 1.46. The summed E-state index contributed by atoms with van der Waals surface area (Å²) in [6.45, 7) is 0. The van der Waals surface area contributed by atoms with Gasteiger partial charge in [0.2, 0.25) is 11.0 Å². The van der Waals surface area contributed by atoms with E-state index in [1.165, 1.54) is 28.6 Å². The van der Waals surface area contributed by atoms with Crippen molar-refractivity contribution in [3.63, 3.8) is 0 Å². The number of oxazole rings is 1. The van der Waals surface area contributed by atoms with Gasteiger partial charge < -0.3 is 10.3 Å². The predicted octanol–water partition coefficient (Wildman–Crippen LogP) is 3.81. The molecule has 0 amide bonds. The SMILES string of the molecule is Nn1c(SCc2coc(-c3ccc(F)cc3)n2)nnc1-c1cccs1. The van der Waals surface area contributed by atoms with E-state index in [9.17, 15) is 4.39 Å². The topological polar surface area (TPSA) is 82.8 Å². The van der Waals surface area contributed by atoms with Gasteiger partial charge in [0.05, 0.1) is 10.6 Å². The van der Waals surface area contributed by atoms with Crippen molar-refractivity contribution in [1.82, 2.24) is 19.9 Å². The third-order valence-electron chi connectivity index (χ3n) is 3.40. The third-order valence-corrected chi connectivity index (χ3v) is 5.24. The van der Waals surface area contributed by atoms with Gasteiger partial charge in [0.15, 0.2) is 5.82 Å². The lowest BCUT2D eigenvalue weighted by Crippen LogP contribution is -2.11. The molecule has 0 radical (unpaired) electrons. The number of hydrogen-bond acceptors (Lipinski definition) is 7. The first-order valence-electron chi connectivity index (χ1n) is 7.28. The molecule has 0 unspecified atom stereocenters. The first-order chi connectivity index (χ1) is 12.2. The normalized spacial score (nSPS) is 11.1. The molecule has 6 nitrogen and oxygen atoms in total. The number of nitrogens with zero attached hydrogens (tertiary/aromatic N) is 4. The van der Waals surface area contributed by atoms with Crippen LogP contribution in [0.4, 0.5) is 4.39 Å². The second-order valence-electron chi connectivity index (χ2n) is 5.09. The van der Waals surface area contributed by atoms with Gasteiger partial charge >= 0.3 is 0 Å². The van der Waals surface area contributed by atoms with Crippen LogP contribution in [-0.2, 0) is 5.75 Å². The van der Waals surface area contributed by atoms with Crippen molar-refractivity contribution in [2.24, 2.45) is 0 Å². The Labute approximate surface area is 150 Å². The molecule has 0 spiro atoms. The Morgan fingerprint density at radius 1 is 1.20 bits per heavy atom. The van der Waals surface area contributed by atoms with Crippen molar-refractivity contribution in [2.75, 3.05) is 5.84 Å². The summed E-state index contributed by atoms with van der Waals surface area (Å²) in [6, 6.07) is 9.88. The highest BCUT2D eigenvalue weighted by Crippen LogP contribution is 2.27. The van der Waals surface area contributed by atoms with Crippen molar-refractivity contribution in [3.05, 3.63) is 59.6 Å². The van der Waals surface area contributed by atoms with Crippen molar-refractivity contribution < 1.29 is 8.81 Å². The molecular weight excluding hydrogens is 361 g/mol. The molecule has 3 heterocycles. The van der Waals surface area contributed by atoms with Gasteiger partial charge in [-0.2, -0.15) is 0 Å². The minimum Gasteiger partial charge on any atom is -0.444 e. The van der Waals surface area contributed by atoms with Gasteiger partial charge in [-0.1, -0.05) is 17.8 Å². The van der Waals surface area contributed by atoms with Crippen LogP contribution in [0.1, 0.15) is 5.69 Å². The van der Waals surface area contributed by atoms with Crippen molar-refractivity contribution in [3.8, 4) is 22.2 Å². The fourth-order valence-electron chi connectivity index (χ4n) is 2.19. The maximum Gasteiger partial charge on any atom is 0.226 e. The van der Waals surface area contributed by atoms with E-state index in [-0.39, 0.29) is 5.82 Å². The number of thiophene rings is 1. The van der Waals surface area contributed by atoms with Crippen molar-refractivity contribution >= 4 is 23.1 Å². The summed E-state index contributed by atoms with van der Waals surface area (Å²) < 4.78 is 19.9. The lowest BCUT2D eigenvalue weighted by molar-refractivity contribution is 0.573. The van der Waals surface area contributed by atoms with E-state index in [1.54, 1.807) is 29.7 Å². The molecule has 4 aromatic rings. The van der Waals surface area contributed by atoms with Crippen LogP contribution in [0.5, 0.6) is 0 Å². The Kier molecular flexibility index (Phi) is 4.24. The van der Waals surface area contributed by atoms with E-state index < -0.39 is 0 Å². The minimum atomic E-state index is -0.296. The first kappa shape index (κ1) is 15.9. The highest BCUT2D eigenvalue weighted by molar-refractivity contribution is 7.98. The highest BCUT2D eigenvalue weighted by atomic mass is 32.2. The van der Waals surface area contributed by atoms with E-state index in [2.05, 4.69) is 15.2 Å². The Bertz CT molecular complexity index is 979. The zero-order chi connectivity index (χ0) is 17.2. The standard InChI is InChI=1S/C16H12FN5OS2/c17-11-5-3-10(4-6-11)15-19-12(8-23-15)9-25-16-21-20-14(22(16)18)13-2-1-7-24-13/h1-8H,9,18H2. The Morgan fingerprint density at radius 2 is 2.04 bits per heavy atom. The van der Waals surface area contributed by atoms with Gasteiger partial charge in [0.25, 0.3) is 0 Å². The number of aromatic nitrogens is 4. The molecular formula is C16H12FN5OS2. The summed E-state index contributed by atoms with van der Waals surface area (Å²) in [5, 5.41) is 10.8. The Morgan fingerprint density at radius 3 is 2.80 bits per heavy atom. The average molecular weight is 373 g/mol. The number of nitrogens with two attached hydrogens (primary N) is 1. The number of thioether (sulfide) groups is 1. The summed E-state index contributed by atoms with van der Waals surface area (Å²) in [5.74, 6) is 7.38. The molecule has 0 aliphatic heterocycles. The lowest BCUT2D eigenvalue weighted by atomic mass is 10.2. The van der Waals surface area contributed by atoms with Gasteiger partial charge in [-0.05, 0) is 35.7 Å². The van der Waals surface area contributed by atoms with Gasteiger partial charge in [-0.15, -0.1) is 21.5 Å². The molecule has 0 aliphatic rings. The highest BCUT2D eigenvalue weighted by Gasteiger charge is 2.14. The summed E-state index contributed by atoms with van der Waals surface area (Å²) >= 11 is 2.97. The molecule has 126 valence electrons. The van der Waals surface area contributed by atoms with Crippen molar-refractivity contribution in [2.45, 2.75) is 10.9 Å². The van der Waals surface area contributed by atoms with E-state index in [0.29, 0.717) is 22.6 Å². The second-order valence-corrected chi connectivity index (χ2v) is 6.98. The monoisotopic (exact) mass is 373 g/mol. The van der Waals surface area contributed by atoms with Gasteiger partial charge in [0, 0.05) is 11.3 Å². The lowest BCUT2D eigenvalue weighted by Gasteiger charge is -2.00. The van der Waals surface area contributed by atoms with Crippen LogP contribution in [0.15, 0.2) is 57.6 Å². The van der Waals surface area contributed by atoms with Gasteiger partial charge in [0.1, 0.15) is 12.1 Å². The molecule has 0 saturated heterocycles. The van der Waals surface area contributed by atoms with Crippen LogP contribution < -0.4 is 5.84 Å². The number of halogens is 1. The first-order valence-corrected chi connectivity index (χ1v) is 9.15. The van der Waals surface area contributed by atoms with Crippen LogP contribution in [0.3, 0.4) is 0 Å². The molecule has 0 fully saturated rings. The number of rotatable bonds is 5. The molecule has 4 rings (SSSR count). The van der Waals surface area contributed by atoms with Gasteiger partial charge in [-0.25, -0.2) is 14.1 Å². The van der Waals surface area contributed by atoms with Crippen LogP contribution in [0.25, 0.3) is 22.2 Å². The average Bonchev–Trinajstić information content (AvgIpc) is 3.34. The summed E-state index contributed by atoms with van der Waals surface area (Å²) in [5.41, 5.74) is 1.46. The summed E-state index contributed by atoms with van der Waals surface area (Å²) in [6.07, 6.45) is 1.57. The fourth-order valence-corrected chi connectivity index (χ4v) is 3.63. The Hall–Kier alpha value is -2.65. The number of nitrogen functional groups attached to an aromatic ring is 1. The molecule has 0 aliphatic carbocycles. The van der Waals surface area contributed by atoms with E-state index in [0.717, 1.165) is 16.1 Å². The van der Waals surface area contributed by atoms with Crippen LogP contribution in [0, 0.1) is 5.82 Å². The van der Waals surface area contributed by atoms with Crippen molar-refractivity contribution in [1.29, 1.82) is 0 Å². The number of hydrogen-bond donors (Lipinski definition) is 1. The second kappa shape index (κ2) is 6.69. The smallest absolute Gasteiger partial charge is 0.226 e. The minimum absolute atomic E-state index is 0.296. The predicted molar refractivity (Wildman–Crippen MR) is 94.9 cm³/mol. The van der Waals surface area contributed by atoms with Crippen LogP contribution in [-0.4, -0.2) is 19.9 Å². The van der Waals surface area contributed by atoms with Crippen LogP contribution in [0.2, 0.25) is 0 Å². The number of benzene rings is 1. The van der Waals surface area contributed by atoms with E-state index in [4.69, 9.17) is 10.3 Å². The zero-order valence-corrected chi connectivity index (χ0v) is 14.4. The molecule has 0 atom stereocenters. The van der Waals surface area contributed by atoms with E-state index in [1.807, 2.05) is 17.5 Å². The molecule has 0 saturated carbocycles. The van der Waals surface area contributed by atoms with Gasteiger partial charge in [-0.3, -0.25) is 0 Å². The maximum absolute atomic E-state index is 13.0. The molecule has 1 aromatic carbocycles. The quantitative estimate of drug-likeness (QED) is 0.423. The third kappa shape index (κ3) is 3.28. The van der Waals surface area contributed by atoms with E-state index >= 15 is 0 Å². The summed E-state index contributed by atoms with van der Waals surface area (Å²) in [4.78, 5) is 5.37. The molecule has 9 heteroatoms. The van der Waals surface area contributed by atoms with Crippen LogP contribution >= 0.6 is 23.1 Å². The summed E-state index contributed by atoms with van der Waals surface area (Å²) in [7, 11) is 0. The molecule has 3 aromatic heterocycles. The largest absolute Gasteiger partial charge is 0.444 e. The molecule has 25 heavy (non-hydrogen) atoms. The maximum atomic E-state index is 13.0. The molecule has 2 N–H and O–H groups in total. The fraction of sp³-hybridized carbons (Fsp3) is 0.0625. The molecule has 0 bridgehead atoms.